The number of furan rings is 1. The highest BCUT2D eigenvalue weighted by Crippen LogP contribution is 2.57. The highest BCUT2D eigenvalue weighted by molar-refractivity contribution is 6.26. The lowest BCUT2D eigenvalue weighted by Gasteiger charge is -2.24. The largest absolute Gasteiger partial charge is 0.455 e. The molecule has 0 saturated carbocycles. The maximum absolute atomic E-state index is 6.78. The molecule has 9 aromatic carbocycles. The molecule has 0 aliphatic heterocycles. The third kappa shape index (κ3) is 3.99. The first kappa shape index (κ1) is 29.3. The first-order valence-corrected chi connectivity index (χ1v) is 18.2. The average molecular weight is 663 g/mol. The van der Waals surface area contributed by atoms with Gasteiger partial charge in [-0.15, -0.1) is 0 Å². The number of benzene rings is 9. The van der Waals surface area contributed by atoms with Gasteiger partial charge in [-0.1, -0.05) is 166 Å². The minimum Gasteiger partial charge on any atom is -0.455 e. The third-order valence-electron chi connectivity index (χ3n) is 11.6. The van der Waals surface area contributed by atoms with Crippen molar-refractivity contribution in [2.75, 3.05) is 0 Å². The predicted molar refractivity (Wildman–Crippen MR) is 220 cm³/mol. The predicted octanol–water partition coefficient (Wildman–Crippen LogP) is 14.4. The van der Waals surface area contributed by atoms with Crippen molar-refractivity contribution in [3.63, 3.8) is 0 Å². The Hall–Kier alpha value is -6.44. The van der Waals surface area contributed by atoms with Gasteiger partial charge in [0.1, 0.15) is 11.2 Å². The molecule has 0 atom stereocenters. The SMILES string of the molecule is CC1(C)c2cc(-c3c4ccccc4c(-c4cccc(-c5ccccc5)c4)c4ccccc34)ccc2-c2c1c1ccccc1c1c2oc2ccccc21. The van der Waals surface area contributed by atoms with Crippen LogP contribution in [0.4, 0.5) is 0 Å². The van der Waals surface area contributed by atoms with E-state index in [0.29, 0.717) is 0 Å². The van der Waals surface area contributed by atoms with Gasteiger partial charge in [0.15, 0.2) is 0 Å². The van der Waals surface area contributed by atoms with Crippen LogP contribution in [0.5, 0.6) is 0 Å². The molecule has 0 unspecified atom stereocenters. The van der Waals surface area contributed by atoms with Crippen LogP contribution < -0.4 is 0 Å². The normalized spacial score (nSPS) is 13.3. The fourth-order valence-electron chi connectivity index (χ4n) is 9.37. The van der Waals surface area contributed by atoms with E-state index in [2.05, 4.69) is 184 Å². The Morgan fingerprint density at radius 1 is 0.385 bits per heavy atom. The van der Waals surface area contributed by atoms with Gasteiger partial charge in [-0.05, 0) is 101 Å². The lowest BCUT2D eigenvalue weighted by atomic mass is 9.78. The lowest BCUT2D eigenvalue weighted by molar-refractivity contribution is 0.658. The van der Waals surface area contributed by atoms with Gasteiger partial charge in [0.2, 0.25) is 0 Å². The van der Waals surface area contributed by atoms with Crippen molar-refractivity contribution < 1.29 is 4.42 Å². The Labute approximate surface area is 302 Å². The molecule has 0 N–H and O–H groups in total. The van der Waals surface area contributed by atoms with Crippen LogP contribution in [0, 0.1) is 0 Å². The average Bonchev–Trinajstić information content (AvgIpc) is 3.70. The van der Waals surface area contributed by atoms with Gasteiger partial charge in [0.25, 0.3) is 0 Å². The highest BCUT2D eigenvalue weighted by atomic mass is 16.3. The Morgan fingerprint density at radius 2 is 0.904 bits per heavy atom. The number of hydrogen-bond donors (Lipinski definition) is 0. The molecule has 0 radical (unpaired) electrons. The Bertz CT molecular complexity index is 3030. The molecule has 52 heavy (non-hydrogen) atoms. The van der Waals surface area contributed by atoms with E-state index in [1.807, 2.05) is 0 Å². The molecule has 0 amide bonds. The van der Waals surface area contributed by atoms with E-state index in [-0.39, 0.29) is 5.41 Å². The molecule has 0 saturated heterocycles. The lowest BCUT2D eigenvalue weighted by Crippen LogP contribution is -2.15. The summed E-state index contributed by atoms with van der Waals surface area (Å²) in [6.45, 7) is 4.78. The van der Waals surface area contributed by atoms with Gasteiger partial charge < -0.3 is 4.42 Å². The summed E-state index contributed by atoms with van der Waals surface area (Å²) < 4.78 is 6.78. The number of hydrogen-bond acceptors (Lipinski definition) is 1. The summed E-state index contributed by atoms with van der Waals surface area (Å²) in [6.07, 6.45) is 0. The van der Waals surface area contributed by atoms with Crippen LogP contribution >= 0.6 is 0 Å². The van der Waals surface area contributed by atoms with Crippen molar-refractivity contribution in [1.29, 1.82) is 0 Å². The van der Waals surface area contributed by atoms with Gasteiger partial charge in [-0.3, -0.25) is 0 Å². The van der Waals surface area contributed by atoms with E-state index >= 15 is 0 Å². The molecule has 1 heteroatoms. The van der Waals surface area contributed by atoms with Crippen molar-refractivity contribution in [2.24, 2.45) is 0 Å². The molecule has 1 nitrogen and oxygen atoms in total. The second-order valence-electron chi connectivity index (χ2n) is 14.8. The van der Waals surface area contributed by atoms with Gasteiger partial charge >= 0.3 is 0 Å². The van der Waals surface area contributed by atoms with E-state index in [1.54, 1.807) is 0 Å². The zero-order valence-electron chi connectivity index (χ0n) is 29.1. The minimum absolute atomic E-state index is 0.239. The summed E-state index contributed by atoms with van der Waals surface area (Å²) in [5.74, 6) is 0. The molecule has 1 aliphatic rings. The van der Waals surface area contributed by atoms with Gasteiger partial charge in [-0.2, -0.15) is 0 Å². The molecule has 0 fully saturated rings. The smallest absolute Gasteiger partial charge is 0.144 e. The molecular weight excluding hydrogens is 629 g/mol. The van der Waals surface area contributed by atoms with Gasteiger partial charge in [0, 0.05) is 21.8 Å². The summed E-state index contributed by atoms with van der Waals surface area (Å²) in [7, 11) is 0. The van der Waals surface area contributed by atoms with Crippen LogP contribution in [0.15, 0.2) is 174 Å². The fraction of sp³-hybridized carbons (Fsp3) is 0.0588. The summed E-state index contributed by atoms with van der Waals surface area (Å²) in [5.41, 5.74) is 14.4. The number of fused-ring (bicyclic) bond motifs is 12. The first-order chi connectivity index (χ1) is 25.6. The second-order valence-corrected chi connectivity index (χ2v) is 14.8. The van der Waals surface area contributed by atoms with Crippen LogP contribution in [0.3, 0.4) is 0 Å². The van der Waals surface area contributed by atoms with E-state index in [0.717, 1.165) is 11.2 Å². The van der Waals surface area contributed by atoms with Crippen molar-refractivity contribution in [3.05, 3.63) is 181 Å². The number of para-hydroxylation sites is 1. The second kappa shape index (κ2) is 10.8. The van der Waals surface area contributed by atoms with Crippen molar-refractivity contribution in [1.82, 2.24) is 0 Å². The molecular formula is C51H34O. The summed E-state index contributed by atoms with van der Waals surface area (Å²) in [6, 6.07) is 62.2. The van der Waals surface area contributed by atoms with E-state index in [1.165, 1.54) is 98.7 Å². The van der Waals surface area contributed by atoms with Gasteiger partial charge in [-0.25, -0.2) is 0 Å². The van der Waals surface area contributed by atoms with Crippen molar-refractivity contribution in [2.45, 2.75) is 19.3 Å². The zero-order valence-corrected chi connectivity index (χ0v) is 29.1. The first-order valence-electron chi connectivity index (χ1n) is 18.2. The minimum atomic E-state index is -0.239. The molecule has 0 bridgehead atoms. The van der Waals surface area contributed by atoms with E-state index < -0.39 is 0 Å². The Morgan fingerprint density at radius 3 is 1.58 bits per heavy atom. The summed E-state index contributed by atoms with van der Waals surface area (Å²) in [4.78, 5) is 0. The number of rotatable bonds is 3. The molecule has 1 aliphatic carbocycles. The molecule has 244 valence electrons. The topological polar surface area (TPSA) is 13.1 Å². The van der Waals surface area contributed by atoms with Crippen LogP contribution in [0.2, 0.25) is 0 Å². The van der Waals surface area contributed by atoms with Crippen LogP contribution in [-0.2, 0) is 5.41 Å². The Balaban J connectivity index is 1.18. The molecule has 0 spiro atoms. The molecule has 1 aromatic heterocycles. The van der Waals surface area contributed by atoms with Crippen LogP contribution in [0.25, 0.3) is 98.8 Å². The summed E-state index contributed by atoms with van der Waals surface area (Å²) >= 11 is 0. The van der Waals surface area contributed by atoms with Crippen molar-refractivity contribution >= 4 is 54.3 Å². The maximum Gasteiger partial charge on any atom is 0.144 e. The molecule has 10 aromatic rings. The maximum atomic E-state index is 6.78. The fourth-order valence-corrected chi connectivity index (χ4v) is 9.37. The quantitative estimate of drug-likeness (QED) is 0.172. The van der Waals surface area contributed by atoms with Crippen molar-refractivity contribution in [3.8, 4) is 44.5 Å². The van der Waals surface area contributed by atoms with E-state index in [4.69, 9.17) is 4.42 Å². The Kier molecular flexibility index (Phi) is 6.08. The van der Waals surface area contributed by atoms with Gasteiger partial charge in [0.05, 0.1) is 0 Å². The van der Waals surface area contributed by atoms with Crippen LogP contribution in [0.1, 0.15) is 25.0 Å². The molecule has 11 rings (SSSR count). The molecule has 1 heterocycles. The third-order valence-corrected chi connectivity index (χ3v) is 11.6. The zero-order chi connectivity index (χ0) is 34.6. The van der Waals surface area contributed by atoms with Crippen LogP contribution in [-0.4, -0.2) is 0 Å². The summed E-state index contributed by atoms with van der Waals surface area (Å²) in [5, 5.41) is 10.00. The standard InChI is InChI=1S/C51H34O/c1-51(2)43-30-34(27-28-41(43)48-49(51)40-24-11-10-23-39(40)47-42-25-12-13-26-44(42)52-50(47)48)46-37-21-8-6-19-35(37)45(36-20-7-9-22-38(36)46)33-18-14-17-32(29-33)31-15-4-3-5-16-31/h3-30H,1-2H3. The highest BCUT2D eigenvalue weighted by Gasteiger charge is 2.40. The monoisotopic (exact) mass is 662 g/mol. The van der Waals surface area contributed by atoms with E-state index in [9.17, 15) is 0 Å².